The number of nitrogens with zero attached hydrogens (tertiary/aromatic N) is 1. The SMILES string of the molecule is Cc1cc(F)cc(C)c1NC(=O)C(C)(C)Oc1cc([N+](=O)[O-])ccc1Br. The van der Waals surface area contributed by atoms with E-state index in [1.54, 1.807) is 27.7 Å². The smallest absolute Gasteiger partial charge is 0.273 e. The Bertz CT molecular complexity index is 860. The van der Waals surface area contributed by atoms with Crippen LogP contribution in [0.25, 0.3) is 0 Å². The highest BCUT2D eigenvalue weighted by Gasteiger charge is 2.32. The van der Waals surface area contributed by atoms with Crippen LogP contribution < -0.4 is 10.1 Å². The molecule has 0 radical (unpaired) electrons. The summed E-state index contributed by atoms with van der Waals surface area (Å²) in [6.45, 7) is 6.47. The Morgan fingerprint density at radius 3 is 2.35 bits per heavy atom. The van der Waals surface area contributed by atoms with E-state index in [0.29, 0.717) is 21.3 Å². The Hall–Kier alpha value is -2.48. The van der Waals surface area contributed by atoms with E-state index >= 15 is 0 Å². The Kier molecular flexibility index (Phi) is 5.65. The second-order valence-electron chi connectivity index (χ2n) is 6.35. The van der Waals surface area contributed by atoms with Gasteiger partial charge in [0.25, 0.3) is 11.6 Å². The molecule has 0 saturated carbocycles. The van der Waals surface area contributed by atoms with Crippen molar-refractivity contribution >= 4 is 33.2 Å². The molecule has 1 N–H and O–H groups in total. The van der Waals surface area contributed by atoms with Crippen LogP contribution in [0.1, 0.15) is 25.0 Å². The molecule has 1 amide bonds. The Morgan fingerprint density at radius 2 is 1.81 bits per heavy atom. The largest absolute Gasteiger partial charge is 0.477 e. The summed E-state index contributed by atoms with van der Waals surface area (Å²) < 4.78 is 19.6. The summed E-state index contributed by atoms with van der Waals surface area (Å²) in [5.74, 6) is -0.672. The van der Waals surface area contributed by atoms with Crippen molar-refractivity contribution in [1.29, 1.82) is 0 Å². The first-order valence-corrected chi connectivity index (χ1v) is 8.51. The predicted molar refractivity (Wildman–Crippen MR) is 100 cm³/mol. The predicted octanol–water partition coefficient (Wildman–Crippen LogP) is 4.91. The molecule has 0 atom stereocenters. The van der Waals surface area contributed by atoms with Crippen molar-refractivity contribution in [3.8, 4) is 5.75 Å². The lowest BCUT2D eigenvalue weighted by atomic mass is 10.1. The standard InChI is InChI=1S/C18H18BrFN2O4/c1-10-7-12(20)8-11(2)16(10)21-17(23)18(3,4)26-15-9-13(22(24)25)5-6-14(15)19/h5-9H,1-4H3,(H,21,23). The van der Waals surface area contributed by atoms with Crippen LogP contribution in [0.4, 0.5) is 15.8 Å². The zero-order chi connectivity index (χ0) is 19.6. The number of carbonyl (C=O) groups is 1. The van der Waals surface area contributed by atoms with Crippen LogP contribution in [0.3, 0.4) is 0 Å². The van der Waals surface area contributed by atoms with Crippen molar-refractivity contribution in [3.05, 3.63) is 61.9 Å². The second kappa shape index (κ2) is 7.41. The number of nitro benzene ring substituents is 1. The molecule has 138 valence electrons. The fraction of sp³-hybridized carbons (Fsp3) is 0.278. The molecule has 0 spiro atoms. The van der Waals surface area contributed by atoms with Gasteiger partial charge < -0.3 is 10.1 Å². The van der Waals surface area contributed by atoms with Crippen molar-refractivity contribution in [1.82, 2.24) is 0 Å². The van der Waals surface area contributed by atoms with Crippen molar-refractivity contribution in [2.75, 3.05) is 5.32 Å². The number of carbonyl (C=O) groups excluding carboxylic acids is 1. The summed E-state index contributed by atoms with van der Waals surface area (Å²) >= 11 is 3.26. The quantitative estimate of drug-likeness (QED) is 0.545. The number of anilines is 1. The van der Waals surface area contributed by atoms with E-state index in [2.05, 4.69) is 21.2 Å². The number of non-ortho nitro benzene ring substituents is 1. The summed E-state index contributed by atoms with van der Waals surface area (Å²) in [6.07, 6.45) is 0. The number of hydrogen-bond acceptors (Lipinski definition) is 4. The van der Waals surface area contributed by atoms with Gasteiger partial charge in [-0.3, -0.25) is 14.9 Å². The van der Waals surface area contributed by atoms with Crippen LogP contribution in [0.5, 0.6) is 5.75 Å². The van der Waals surface area contributed by atoms with E-state index in [1.807, 2.05) is 0 Å². The van der Waals surface area contributed by atoms with E-state index in [9.17, 15) is 19.3 Å². The third-order valence-corrected chi connectivity index (χ3v) is 4.43. The van der Waals surface area contributed by atoms with Crippen LogP contribution in [0.2, 0.25) is 0 Å². The molecule has 2 aromatic carbocycles. The first-order chi connectivity index (χ1) is 12.0. The molecule has 2 rings (SSSR count). The lowest BCUT2D eigenvalue weighted by molar-refractivity contribution is -0.385. The first-order valence-electron chi connectivity index (χ1n) is 7.72. The fourth-order valence-electron chi connectivity index (χ4n) is 2.38. The molecule has 26 heavy (non-hydrogen) atoms. The molecular weight excluding hydrogens is 407 g/mol. The number of benzene rings is 2. The van der Waals surface area contributed by atoms with Gasteiger partial charge in [-0.05, 0) is 73.0 Å². The number of aryl methyl sites for hydroxylation is 2. The number of hydrogen-bond donors (Lipinski definition) is 1. The molecule has 0 unspecified atom stereocenters. The molecule has 0 bridgehead atoms. The van der Waals surface area contributed by atoms with Gasteiger partial charge in [0.05, 0.1) is 15.5 Å². The summed E-state index contributed by atoms with van der Waals surface area (Å²) in [4.78, 5) is 23.1. The molecule has 8 heteroatoms. The minimum atomic E-state index is -1.33. The van der Waals surface area contributed by atoms with Crippen molar-refractivity contribution < 1.29 is 18.8 Å². The van der Waals surface area contributed by atoms with Gasteiger partial charge in [-0.1, -0.05) is 0 Å². The summed E-state index contributed by atoms with van der Waals surface area (Å²) in [5.41, 5.74) is 0.201. The highest BCUT2D eigenvalue weighted by atomic mass is 79.9. The fourth-order valence-corrected chi connectivity index (χ4v) is 2.70. The highest BCUT2D eigenvalue weighted by molar-refractivity contribution is 9.10. The maximum absolute atomic E-state index is 13.4. The number of halogens is 2. The van der Waals surface area contributed by atoms with Crippen LogP contribution in [0.15, 0.2) is 34.8 Å². The molecule has 0 aliphatic heterocycles. The van der Waals surface area contributed by atoms with Crippen LogP contribution in [0, 0.1) is 29.8 Å². The maximum atomic E-state index is 13.4. The topological polar surface area (TPSA) is 81.5 Å². The third-order valence-electron chi connectivity index (χ3n) is 3.77. The lowest BCUT2D eigenvalue weighted by Crippen LogP contribution is -2.42. The number of nitrogens with one attached hydrogen (secondary N) is 1. The molecule has 0 fully saturated rings. The van der Waals surface area contributed by atoms with Gasteiger partial charge in [-0.2, -0.15) is 0 Å². The summed E-state index contributed by atoms with van der Waals surface area (Å²) in [5, 5.41) is 13.7. The summed E-state index contributed by atoms with van der Waals surface area (Å²) in [6, 6.07) is 6.71. The van der Waals surface area contributed by atoms with Gasteiger partial charge in [-0.15, -0.1) is 0 Å². The Morgan fingerprint density at radius 1 is 1.23 bits per heavy atom. The average Bonchev–Trinajstić information content (AvgIpc) is 2.52. The molecule has 0 heterocycles. The van der Waals surface area contributed by atoms with E-state index in [4.69, 9.17) is 4.74 Å². The minimum absolute atomic E-state index is 0.148. The number of rotatable bonds is 5. The molecule has 6 nitrogen and oxygen atoms in total. The first kappa shape index (κ1) is 19.8. The zero-order valence-corrected chi connectivity index (χ0v) is 16.3. The summed E-state index contributed by atoms with van der Waals surface area (Å²) in [7, 11) is 0. The molecule has 2 aromatic rings. The van der Waals surface area contributed by atoms with E-state index in [-0.39, 0.29) is 17.3 Å². The molecule has 0 aliphatic carbocycles. The van der Waals surface area contributed by atoms with Gasteiger partial charge in [0.2, 0.25) is 0 Å². The zero-order valence-electron chi connectivity index (χ0n) is 14.7. The lowest BCUT2D eigenvalue weighted by Gasteiger charge is -2.26. The van der Waals surface area contributed by atoms with Crippen molar-refractivity contribution in [2.45, 2.75) is 33.3 Å². The number of amides is 1. The third kappa shape index (κ3) is 4.37. The maximum Gasteiger partial charge on any atom is 0.273 e. The Labute approximate surface area is 158 Å². The minimum Gasteiger partial charge on any atom is -0.477 e. The number of ether oxygens (including phenoxy) is 1. The van der Waals surface area contributed by atoms with Gasteiger partial charge in [0.15, 0.2) is 5.60 Å². The van der Waals surface area contributed by atoms with Gasteiger partial charge in [0, 0.05) is 11.8 Å². The van der Waals surface area contributed by atoms with Gasteiger partial charge in [-0.25, -0.2) is 4.39 Å². The normalized spacial score (nSPS) is 11.2. The highest BCUT2D eigenvalue weighted by Crippen LogP contribution is 2.32. The number of nitro groups is 1. The van der Waals surface area contributed by atoms with E-state index in [0.717, 1.165) is 0 Å². The Balaban J connectivity index is 2.26. The molecule has 0 aliphatic rings. The molecule has 0 aromatic heterocycles. The van der Waals surface area contributed by atoms with Gasteiger partial charge in [0.1, 0.15) is 11.6 Å². The second-order valence-corrected chi connectivity index (χ2v) is 7.21. The molecular formula is C18H18BrFN2O4. The van der Waals surface area contributed by atoms with Gasteiger partial charge >= 0.3 is 0 Å². The van der Waals surface area contributed by atoms with Crippen LogP contribution >= 0.6 is 15.9 Å². The van der Waals surface area contributed by atoms with E-state index in [1.165, 1.54) is 30.3 Å². The average molecular weight is 425 g/mol. The molecule has 0 saturated heterocycles. The van der Waals surface area contributed by atoms with Crippen LogP contribution in [-0.4, -0.2) is 16.4 Å². The van der Waals surface area contributed by atoms with Crippen molar-refractivity contribution in [3.63, 3.8) is 0 Å². The monoisotopic (exact) mass is 424 g/mol. The van der Waals surface area contributed by atoms with Crippen LogP contribution in [-0.2, 0) is 4.79 Å². The van der Waals surface area contributed by atoms with Crippen molar-refractivity contribution in [2.24, 2.45) is 0 Å². The van der Waals surface area contributed by atoms with E-state index < -0.39 is 16.4 Å².